The van der Waals surface area contributed by atoms with Crippen LogP contribution in [0.25, 0.3) is 0 Å². The van der Waals surface area contributed by atoms with Gasteiger partial charge < -0.3 is 9.84 Å². The maximum atomic E-state index is 12.2. The van der Waals surface area contributed by atoms with Crippen molar-refractivity contribution in [2.75, 3.05) is 18.6 Å². The van der Waals surface area contributed by atoms with Crippen molar-refractivity contribution >= 4 is 35.3 Å². The zero-order chi connectivity index (χ0) is 18.5. The van der Waals surface area contributed by atoms with E-state index < -0.39 is 6.10 Å². The molecule has 0 amide bonds. The molecule has 0 aromatic heterocycles. The molecule has 1 N–H and O–H groups in total. The number of unbranched alkanes of at least 4 members (excludes halogenated alkanes) is 6. The molecule has 6 heteroatoms. The van der Waals surface area contributed by atoms with E-state index in [2.05, 4.69) is 11.7 Å². The maximum Gasteiger partial charge on any atom is 0.305 e. The smallest absolute Gasteiger partial charge is 0.305 e. The van der Waals surface area contributed by atoms with Gasteiger partial charge in [0.1, 0.15) is 5.78 Å². The average Bonchev–Trinajstić information content (AvgIpc) is 2.87. The molecule has 0 spiro atoms. The first kappa shape index (κ1) is 22.8. The van der Waals surface area contributed by atoms with Crippen LogP contribution in [-0.4, -0.2) is 52.1 Å². The van der Waals surface area contributed by atoms with Gasteiger partial charge in [0.05, 0.1) is 23.7 Å². The second kappa shape index (κ2) is 13.9. The van der Waals surface area contributed by atoms with Crippen LogP contribution in [0.4, 0.5) is 0 Å². The lowest BCUT2D eigenvalue weighted by Crippen LogP contribution is -2.26. The van der Waals surface area contributed by atoms with Crippen LogP contribution < -0.4 is 0 Å². The number of ether oxygens (including phenoxy) is 1. The Hall–Kier alpha value is -0.200. The number of rotatable bonds is 14. The van der Waals surface area contributed by atoms with Crippen LogP contribution in [0.1, 0.15) is 71.1 Å². The van der Waals surface area contributed by atoms with E-state index in [1.54, 1.807) is 23.5 Å². The molecule has 0 aromatic rings. The highest BCUT2D eigenvalue weighted by atomic mass is 32.2. The number of carbonyl (C=O) groups excluding carboxylic acids is 2. The molecule has 0 aromatic carbocycles. The number of hydrogen-bond donors (Lipinski definition) is 1. The molecule has 4 nitrogen and oxygen atoms in total. The van der Waals surface area contributed by atoms with Gasteiger partial charge in [-0.25, -0.2) is 0 Å². The summed E-state index contributed by atoms with van der Waals surface area (Å²) in [5, 5.41) is 10.2. The number of thioether (sulfide) groups is 2. The summed E-state index contributed by atoms with van der Waals surface area (Å²) in [5.74, 6) is 2.00. The predicted molar refractivity (Wildman–Crippen MR) is 107 cm³/mol. The van der Waals surface area contributed by atoms with Crippen LogP contribution in [-0.2, 0) is 14.3 Å². The first-order valence-corrected chi connectivity index (χ1v) is 11.7. The largest absolute Gasteiger partial charge is 0.469 e. The number of aliphatic hydroxyl groups is 1. The second-order valence-electron chi connectivity index (χ2n) is 6.67. The van der Waals surface area contributed by atoms with Gasteiger partial charge >= 0.3 is 5.97 Å². The maximum absolute atomic E-state index is 12.2. The number of carbonyl (C=O) groups is 2. The number of esters is 1. The Bertz CT molecular complexity index is 390. The third kappa shape index (κ3) is 9.34. The van der Waals surface area contributed by atoms with Gasteiger partial charge in [-0.2, -0.15) is 11.8 Å². The normalized spacial score (nSPS) is 23.2. The molecule has 0 heterocycles. The van der Waals surface area contributed by atoms with E-state index in [0.717, 1.165) is 30.8 Å². The van der Waals surface area contributed by atoms with Crippen LogP contribution in [0, 0.1) is 0 Å². The lowest BCUT2D eigenvalue weighted by molar-refractivity contribution is -0.140. The van der Waals surface area contributed by atoms with Crippen molar-refractivity contribution in [3.05, 3.63) is 0 Å². The number of methoxy groups -OCH3 is 1. The monoisotopic (exact) mass is 390 g/mol. The van der Waals surface area contributed by atoms with Gasteiger partial charge in [0.25, 0.3) is 0 Å². The van der Waals surface area contributed by atoms with Crippen molar-refractivity contribution in [2.24, 2.45) is 0 Å². The molecule has 0 bridgehead atoms. The fraction of sp³-hybridized carbons (Fsp3) is 0.895. The molecule has 1 saturated carbocycles. The van der Waals surface area contributed by atoms with E-state index in [9.17, 15) is 14.7 Å². The highest BCUT2D eigenvalue weighted by Crippen LogP contribution is 2.36. The van der Waals surface area contributed by atoms with Gasteiger partial charge in [-0.05, 0) is 30.8 Å². The van der Waals surface area contributed by atoms with Crippen molar-refractivity contribution in [3.63, 3.8) is 0 Å². The fourth-order valence-electron chi connectivity index (χ4n) is 3.00. The number of hydrogen-bond acceptors (Lipinski definition) is 6. The summed E-state index contributed by atoms with van der Waals surface area (Å²) < 4.78 is 4.63. The van der Waals surface area contributed by atoms with Gasteiger partial charge in [0.15, 0.2) is 0 Å². The Labute approximate surface area is 161 Å². The molecule has 1 aliphatic rings. The topological polar surface area (TPSA) is 63.6 Å². The quantitative estimate of drug-likeness (QED) is 0.354. The molecule has 1 unspecified atom stereocenters. The average molecular weight is 391 g/mol. The van der Waals surface area contributed by atoms with E-state index in [4.69, 9.17) is 0 Å². The van der Waals surface area contributed by atoms with Crippen molar-refractivity contribution in [2.45, 2.75) is 87.7 Å². The van der Waals surface area contributed by atoms with E-state index in [0.29, 0.717) is 12.8 Å². The van der Waals surface area contributed by atoms with Crippen molar-refractivity contribution in [1.29, 1.82) is 0 Å². The molecule has 1 rings (SSSR count). The number of Topliss-reactive ketones (excluding diaryl/α,β-unsaturated/α-hetero) is 1. The van der Waals surface area contributed by atoms with Crippen LogP contribution in [0.5, 0.6) is 0 Å². The number of aliphatic hydroxyl groups excluding tert-OH is 1. The minimum Gasteiger partial charge on any atom is -0.469 e. The summed E-state index contributed by atoms with van der Waals surface area (Å²) in [6.45, 7) is 2.21. The minimum atomic E-state index is -0.482. The molecule has 0 radical (unpaired) electrons. The van der Waals surface area contributed by atoms with Gasteiger partial charge in [-0.15, -0.1) is 11.8 Å². The van der Waals surface area contributed by atoms with Crippen LogP contribution >= 0.6 is 23.5 Å². The summed E-state index contributed by atoms with van der Waals surface area (Å²) in [5.41, 5.74) is 0. The zero-order valence-corrected chi connectivity index (χ0v) is 17.3. The lowest BCUT2D eigenvalue weighted by Gasteiger charge is -2.20. The van der Waals surface area contributed by atoms with E-state index in [1.807, 2.05) is 0 Å². The van der Waals surface area contributed by atoms with Crippen LogP contribution in [0.3, 0.4) is 0 Å². The molecule has 0 aliphatic heterocycles. The van der Waals surface area contributed by atoms with Crippen molar-refractivity contribution < 1.29 is 19.4 Å². The molecule has 1 fully saturated rings. The SMILES string of the molecule is CCCCCCCS[C@H]1C(O)CC(=O)[C@@H]1SCCCCCC(=O)OC. The third-order valence-electron chi connectivity index (χ3n) is 4.51. The minimum absolute atomic E-state index is 0.0544. The summed E-state index contributed by atoms with van der Waals surface area (Å²) in [7, 11) is 1.41. The Balaban J connectivity index is 2.20. The van der Waals surface area contributed by atoms with Gasteiger partial charge in [-0.3, -0.25) is 9.59 Å². The van der Waals surface area contributed by atoms with Gasteiger partial charge in [-0.1, -0.05) is 39.0 Å². The van der Waals surface area contributed by atoms with E-state index >= 15 is 0 Å². The molecule has 1 aliphatic carbocycles. The first-order valence-electron chi connectivity index (χ1n) is 9.61. The van der Waals surface area contributed by atoms with Crippen molar-refractivity contribution in [1.82, 2.24) is 0 Å². The third-order valence-corrected chi connectivity index (χ3v) is 7.62. The summed E-state index contributed by atoms with van der Waals surface area (Å²) in [6, 6.07) is 0. The van der Waals surface area contributed by atoms with Crippen molar-refractivity contribution in [3.8, 4) is 0 Å². The highest BCUT2D eigenvalue weighted by Gasteiger charge is 2.41. The Morgan fingerprint density at radius 2 is 1.72 bits per heavy atom. The molecule has 3 atom stereocenters. The van der Waals surface area contributed by atoms with Gasteiger partial charge in [0, 0.05) is 12.8 Å². The Kier molecular flexibility index (Phi) is 12.7. The fourth-order valence-corrected chi connectivity index (χ4v) is 6.03. The molecule has 146 valence electrons. The summed E-state index contributed by atoms with van der Waals surface area (Å²) in [6.07, 6.45) is 9.36. The molecule has 25 heavy (non-hydrogen) atoms. The summed E-state index contributed by atoms with van der Waals surface area (Å²) >= 11 is 3.48. The molecular formula is C19H34O4S2. The predicted octanol–water partition coefficient (Wildman–Crippen LogP) is 4.23. The highest BCUT2D eigenvalue weighted by molar-refractivity contribution is 8.04. The van der Waals surface area contributed by atoms with Crippen LogP contribution in [0.2, 0.25) is 0 Å². The summed E-state index contributed by atoms with van der Waals surface area (Å²) in [4.78, 5) is 23.2. The van der Waals surface area contributed by atoms with Gasteiger partial charge in [0.2, 0.25) is 0 Å². The first-order chi connectivity index (χ1) is 12.1. The Morgan fingerprint density at radius 3 is 2.40 bits per heavy atom. The zero-order valence-electron chi connectivity index (χ0n) is 15.7. The van der Waals surface area contributed by atoms with Crippen LogP contribution in [0.15, 0.2) is 0 Å². The molecule has 0 saturated heterocycles. The Morgan fingerprint density at radius 1 is 1.08 bits per heavy atom. The standard InChI is InChI=1S/C19H34O4S2/c1-3-4-5-6-9-12-24-18-15(20)14-16(21)19(18)25-13-10-7-8-11-17(22)23-2/h15,18-20H,3-14H2,1-2H3/t15?,18-,19-/m0/s1. The lowest BCUT2D eigenvalue weighted by atomic mass is 10.2. The second-order valence-corrected chi connectivity index (χ2v) is 9.20. The number of ketones is 1. The van der Waals surface area contributed by atoms with E-state index in [-0.39, 0.29) is 22.3 Å². The van der Waals surface area contributed by atoms with E-state index in [1.165, 1.54) is 39.2 Å². The molecular weight excluding hydrogens is 356 g/mol.